The van der Waals surface area contributed by atoms with Gasteiger partial charge in [-0.1, -0.05) is 6.07 Å². The number of hydrogen-bond acceptors (Lipinski definition) is 4. The van der Waals surface area contributed by atoms with E-state index in [1.165, 1.54) is 12.1 Å². The number of aliphatic hydroxyl groups excluding tert-OH is 1. The summed E-state index contributed by atoms with van der Waals surface area (Å²) in [6.07, 6.45) is 1.27. The molecule has 21 heavy (non-hydrogen) atoms. The number of non-ortho nitro benzene ring substituents is 1. The van der Waals surface area contributed by atoms with E-state index in [0.29, 0.717) is 6.61 Å². The Morgan fingerprint density at radius 1 is 1.24 bits per heavy atom. The predicted molar refractivity (Wildman–Crippen MR) is 77.2 cm³/mol. The summed E-state index contributed by atoms with van der Waals surface area (Å²) in [5, 5.41) is 20.3. The fourth-order valence-corrected chi connectivity index (χ4v) is 2.54. The number of nitro benzene ring substituents is 1. The number of hydrogen-bond donors (Lipinski definition) is 1. The highest BCUT2D eigenvalue weighted by molar-refractivity contribution is 5.40. The number of fused-ring (bicyclic) bond motifs is 1. The van der Waals surface area contributed by atoms with Crippen LogP contribution in [-0.2, 0) is 13.0 Å². The van der Waals surface area contributed by atoms with Gasteiger partial charge in [0.2, 0.25) is 0 Å². The number of aliphatic hydroxyl groups is 1. The number of ether oxygens (including phenoxy) is 1. The minimum absolute atomic E-state index is 0.0743. The maximum Gasteiger partial charge on any atom is 0.269 e. The van der Waals surface area contributed by atoms with Crippen LogP contribution in [0.4, 0.5) is 5.69 Å². The van der Waals surface area contributed by atoms with E-state index in [-0.39, 0.29) is 11.8 Å². The standard InChI is InChI=1S/C16H15NO4/c18-16-8-3-12-9-14(6-7-15(12)16)21-10-11-1-4-13(5-2-11)17(19)20/h1-2,4-7,9,16,18H,3,8,10H2. The van der Waals surface area contributed by atoms with Crippen LogP contribution in [-0.4, -0.2) is 10.0 Å². The number of nitro groups is 1. The molecule has 108 valence electrons. The lowest BCUT2D eigenvalue weighted by Crippen LogP contribution is -1.97. The molecule has 0 spiro atoms. The van der Waals surface area contributed by atoms with Gasteiger partial charge in [-0.25, -0.2) is 0 Å². The fourth-order valence-electron chi connectivity index (χ4n) is 2.54. The summed E-state index contributed by atoms with van der Waals surface area (Å²) in [6.45, 7) is 0.360. The SMILES string of the molecule is O=[N+]([O-])c1ccc(COc2ccc3c(c2)CCC3O)cc1. The van der Waals surface area contributed by atoms with Crippen LogP contribution in [0.5, 0.6) is 5.75 Å². The summed E-state index contributed by atoms with van der Waals surface area (Å²) in [5.74, 6) is 0.751. The Hall–Kier alpha value is -2.40. The van der Waals surface area contributed by atoms with Crippen molar-refractivity contribution in [1.29, 1.82) is 0 Å². The zero-order chi connectivity index (χ0) is 14.8. The van der Waals surface area contributed by atoms with Crippen molar-refractivity contribution >= 4 is 5.69 Å². The van der Waals surface area contributed by atoms with Crippen LogP contribution < -0.4 is 4.74 Å². The zero-order valence-electron chi connectivity index (χ0n) is 11.4. The zero-order valence-corrected chi connectivity index (χ0v) is 11.4. The molecule has 0 bridgehead atoms. The largest absolute Gasteiger partial charge is 0.489 e. The van der Waals surface area contributed by atoms with Gasteiger partial charge < -0.3 is 9.84 Å². The maximum absolute atomic E-state index is 10.6. The van der Waals surface area contributed by atoms with Crippen LogP contribution in [0.2, 0.25) is 0 Å². The lowest BCUT2D eigenvalue weighted by atomic mass is 10.1. The molecule has 1 aliphatic rings. The minimum atomic E-state index is -0.420. The van der Waals surface area contributed by atoms with Gasteiger partial charge in [0.05, 0.1) is 11.0 Å². The van der Waals surface area contributed by atoms with E-state index in [1.807, 2.05) is 18.2 Å². The van der Waals surface area contributed by atoms with Gasteiger partial charge in [0.15, 0.2) is 0 Å². The molecule has 0 saturated carbocycles. The lowest BCUT2D eigenvalue weighted by molar-refractivity contribution is -0.384. The van der Waals surface area contributed by atoms with Crippen molar-refractivity contribution in [3.05, 3.63) is 69.3 Å². The molecule has 0 heterocycles. The molecule has 0 saturated heterocycles. The van der Waals surface area contributed by atoms with Gasteiger partial charge in [-0.05, 0) is 53.8 Å². The van der Waals surface area contributed by atoms with Crippen LogP contribution in [0.25, 0.3) is 0 Å². The van der Waals surface area contributed by atoms with E-state index in [0.717, 1.165) is 35.3 Å². The summed E-state index contributed by atoms with van der Waals surface area (Å²) in [5.41, 5.74) is 3.06. The molecule has 1 atom stereocenters. The molecule has 0 aromatic heterocycles. The fraction of sp³-hybridized carbons (Fsp3) is 0.250. The molecule has 3 rings (SSSR count). The molecule has 0 fully saturated rings. The minimum Gasteiger partial charge on any atom is -0.489 e. The van der Waals surface area contributed by atoms with Gasteiger partial charge in [-0.2, -0.15) is 0 Å². The second-order valence-corrected chi connectivity index (χ2v) is 5.13. The average Bonchev–Trinajstić information content (AvgIpc) is 2.86. The molecule has 5 heteroatoms. The van der Waals surface area contributed by atoms with Crippen molar-refractivity contribution < 1.29 is 14.8 Å². The van der Waals surface area contributed by atoms with Crippen LogP contribution in [0.15, 0.2) is 42.5 Å². The monoisotopic (exact) mass is 285 g/mol. The molecular weight excluding hydrogens is 270 g/mol. The summed E-state index contributed by atoms with van der Waals surface area (Å²) in [4.78, 5) is 10.2. The summed E-state index contributed by atoms with van der Waals surface area (Å²) in [7, 11) is 0. The summed E-state index contributed by atoms with van der Waals surface area (Å²) >= 11 is 0. The third kappa shape index (κ3) is 2.87. The first-order valence-electron chi connectivity index (χ1n) is 6.80. The highest BCUT2D eigenvalue weighted by atomic mass is 16.6. The van der Waals surface area contributed by atoms with Crippen molar-refractivity contribution in [3.63, 3.8) is 0 Å². The number of aryl methyl sites for hydroxylation is 1. The molecule has 1 aliphatic carbocycles. The van der Waals surface area contributed by atoms with E-state index in [4.69, 9.17) is 4.74 Å². The second kappa shape index (κ2) is 5.54. The van der Waals surface area contributed by atoms with Gasteiger partial charge in [-0.15, -0.1) is 0 Å². The molecular formula is C16H15NO4. The maximum atomic E-state index is 10.6. The Kier molecular flexibility index (Phi) is 3.58. The Labute approximate surface area is 122 Å². The molecule has 5 nitrogen and oxygen atoms in total. The van der Waals surface area contributed by atoms with Gasteiger partial charge in [-0.3, -0.25) is 10.1 Å². The molecule has 0 amide bonds. The van der Waals surface area contributed by atoms with Gasteiger partial charge >= 0.3 is 0 Å². The molecule has 0 aliphatic heterocycles. The average molecular weight is 285 g/mol. The van der Waals surface area contributed by atoms with Crippen molar-refractivity contribution in [1.82, 2.24) is 0 Å². The molecule has 1 N–H and O–H groups in total. The predicted octanol–water partition coefficient (Wildman–Crippen LogP) is 3.15. The number of nitrogens with zero attached hydrogens (tertiary/aromatic N) is 1. The van der Waals surface area contributed by atoms with Crippen molar-refractivity contribution in [2.24, 2.45) is 0 Å². The lowest BCUT2D eigenvalue weighted by Gasteiger charge is -2.09. The first-order chi connectivity index (χ1) is 10.1. The van der Waals surface area contributed by atoms with E-state index in [9.17, 15) is 15.2 Å². The Morgan fingerprint density at radius 2 is 2.00 bits per heavy atom. The van der Waals surface area contributed by atoms with Crippen molar-refractivity contribution in [3.8, 4) is 5.75 Å². The normalized spacial score (nSPS) is 16.5. The van der Waals surface area contributed by atoms with Crippen LogP contribution in [0.1, 0.15) is 29.2 Å². The smallest absolute Gasteiger partial charge is 0.269 e. The first kappa shape index (κ1) is 13.6. The molecule has 2 aromatic carbocycles. The van der Waals surface area contributed by atoms with E-state index in [2.05, 4.69) is 0 Å². The van der Waals surface area contributed by atoms with Crippen LogP contribution in [0, 0.1) is 10.1 Å². The summed E-state index contributed by atoms with van der Waals surface area (Å²) < 4.78 is 5.70. The highest BCUT2D eigenvalue weighted by Gasteiger charge is 2.20. The van der Waals surface area contributed by atoms with Crippen molar-refractivity contribution in [2.75, 3.05) is 0 Å². The van der Waals surface area contributed by atoms with E-state index in [1.54, 1.807) is 12.1 Å². The van der Waals surface area contributed by atoms with Crippen LogP contribution >= 0.6 is 0 Å². The molecule has 2 aromatic rings. The Morgan fingerprint density at radius 3 is 2.71 bits per heavy atom. The summed E-state index contributed by atoms with van der Waals surface area (Å²) in [6, 6.07) is 12.0. The van der Waals surface area contributed by atoms with Crippen molar-refractivity contribution in [2.45, 2.75) is 25.6 Å². The number of rotatable bonds is 4. The van der Waals surface area contributed by atoms with Crippen LogP contribution in [0.3, 0.4) is 0 Å². The second-order valence-electron chi connectivity index (χ2n) is 5.13. The van der Waals surface area contributed by atoms with Gasteiger partial charge in [0.25, 0.3) is 5.69 Å². The third-order valence-electron chi connectivity index (χ3n) is 3.71. The van der Waals surface area contributed by atoms with Gasteiger partial charge in [0, 0.05) is 12.1 Å². The van der Waals surface area contributed by atoms with Gasteiger partial charge in [0.1, 0.15) is 12.4 Å². The quantitative estimate of drug-likeness (QED) is 0.691. The van der Waals surface area contributed by atoms with E-state index >= 15 is 0 Å². The molecule has 1 unspecified atom stereocenters. The third-order valence-corrected chi connectivity index (χ3v) is 3.71. The number of benzene rings is 2. The Balaban J connectivity index is 1.66. The molecule has 0 radical (unpaired) electrons. The van der Waals surface area contributed by atoms with E-state index < -0.39 is 4.92 Å². The Bertz CT molecular complexity index is 666. The first-order valence-corrected chi connectivity index (χ1v) is 6.80. The highest BCUT2D eigenvalue weighted by Crippen LogP contribution is 2.33. The topological polar surface area (TPSA) is 72.6 Å².